The van der Waals surface area contributed by atoms with Crippen LogP contribution in [0.5, 0.6) is 11.5 Å². The van der Waals surface area contributed by atoms with Crippen LogP contribution >= 0.6 is 0 Å². The van der Waals surface area contributed by atoms with Gasteiger partial charge < -0.3 is 9.47 Å². The summed E-state index contributed by atoms with van der Waals surface area (Å²) in [5, 5.41) is 4.18. The molecule has 0 bridgehead atoms. The number of nitrogens with zero attached hydrogens (tertiary/aromatic N) is 1. The fourth-order valence-corrected chi connectivity index (χ4v) is 2.85. The molecule has 5 heteroatoms. The number of rotatable bonds is 9. The van der Waals surface area contributed by atoms with Crippen molar-refractivity contribution in [1.29, 1.82) is 0 Å². The Bertz CT molecular complexity index is 983. The quantitative estimate of drug-likeness (QED) is 0.402. The SMILES string of the molecule is CCCOc1ccc(/C(C)=N\NC(=O)COc2ccccc2-c2ccccc2)cc1. The average molecular weight is 402 g/mol. The van der Waals surface area contributed by atoms with Crippen molar-refractivity contribution in [3.8, 4) is 22.6 Å². The predicted molar refractivity (Wildman–Crippen MR) is 120 cm³/mol. The van der Waals surface area contributed by atoms with Crippen LogP contribution in [-0.2, 0) is 4.79 Å². The summed E-state index contributed by atoms with van der Waals surface area (Å²) in [5.41, 5.74) is 6.14. The summed E-state index contributed by atoms with van der Waals surface area (Å²) in [6, 6.07) is 25.2. The standard InChI is InChI=1S/C25H26N2O3/c1-3-17-29-22-15-13-20(14-16-22)19(2)26-27-25(28)18-30-24-12-8-7-11-23(24)21-9-5-4-6-10-21/h4-16H,3,17-18H2,1-2H3,(H,27,28)/b26-19-. The molecule has 0 heterocycles. The van der Waals surface area contributed by atoms with Gasteiger partial charge in [-0.3, -0.25) is 4.79 Å². The van der Waals surface area contributed by atoms with Crippen LogP contribution in [-0.4, -0.2) is 24.8 Å². The van der Waals surface area contributed by atoms with Crippen LogP contribution in [0.25, 0.3) is 11.1 Å². The molecule has 0 aliphatic heterocycles. The largest absolute Gasteiger partial charge is 0.494 e. The molecule has 30 heavy (non-hydrogen) atoms. The number of benzene rings is 3. The van der Waals surface area contributed by atoms with Gasteiger partial charge in [0, 0.05) is 5.56 Å². The highest BCUT2D eigenvalue weighted by molar-refractivity contribution is 5.99. The van der Waals surface area contributed by atoms with E-state index in [0.717, 1.165) is 28.9 Å². The Labute approximate surface area is 177 Å². The van der Waals surface area contributed by atoms with Crippen LogP contribution in [0.15, 0.2) is 84.0 Å². The molecule has 0 saturated heterocycles. The van der Waals surface area contributed by atoms with Gasteiger partial charge in [0.2, 0.25) is 0 Å². The number of nitrogens with one attached hydrogen (secondary N) is 1. The van der Waals surface area contributed by atoms with Gasteiger partial charge in [0.15, 0.2) is 6.61 Å². The first-order valence-electron chi connectivity index (χ1n) is 10.0. The summed E-state index contributed by atoms with van der Waals surface area (Å²) in [6.07, 6.45) is 0.964. The minimum Gasteiger partial charge on any atom is -0.494 e. The molecule has 0 atom stereocenters. The molecule has 3 rings (SSSR count). The van der Waals surface area contributed by atoms with Crippen molar-refractivity contribution < 1.29 is 14.3 Å². The molecule has 0 radical (unpaired) electrons. The van der Waals surface area contributed by atoms with Gasteiger partial charge in [0.05, 0.1) is 12.3 Å². The van der Waals surface area contributed by atoms with Crippen molar-refractivity contribution >= 4 is 11.6 Å². The van der Waals surface area contributed by atoms with E-state index < -0.39 is 0 Å². The zero-order chi connectivity index (χ0) is 21.2. The summed E-state index contributed by atoms with van der Waals surface area (Å²) in [7, 11) is 0. The maximum Gasteiger partial charge on any atom is 0.277 e. The van der Waals surface area contributed by atoms with E-state index in [4.69, 9.17) is 9.47 Å². The first kappa shape index (κ1) is 21.1. The van der Waals surface area contributed by atoms with Gasteiger partial charge in [0.25, 0.3) is 5.91 Å². The number of para-hydroxylation sites is 1. The molecule has 0 saturated carbocycles. The van der Waals surface area contributed by atoms with Gasteiger partial charge in [-0.05, 0) is 54.8 Å². The van der Waals surface area contributed by atoms with Crippen molar-refractivity contribution in [3.63, 3.8) is 0 Å². The van der Waals surface area contributed by atoms with Crippen molar-refractivity contribution in [2.75, 3.05) is 13.2 Å². The van der Waals surface area contributed by atoms with Crippen LogP contribution in [0.3, 0.4) is 0 Å². The monoisotopic (exact) mass is 402 g/mol. The summed E-state index contributed by atoms with van der Waals surface area (Å²) in [4.78, 5) is 12.2. The van der Waals surface area contributed by atoms with Crippen LogP contribution < -0.4 is 14.9 Å². The van der Waals surface area contributed by atoms with Gasteiger partial charge in [-0.2, -0.15) is 5.10 Å². The summed E-state index contributed by atoms with van der Waals surface area (Å²) in [6.45, 7) is 4.48. The molecule has 0 spiro atoms. The van der Waals surface area contributed by atoms with E-state index in [1.54, 1.807) is 0 Å². The second kappa shape index (κ2) is 10.8. The number of carbonyl (C=O) groups excluding carboxylic acids is 1. The Hall–Kier alpha value is -3.60. The molecule has 3 aromatic rings. The van der Waals surface area contributed by atoms with E-state index in [1.165, 1.54) is 0 Å². The number of hydrogen-bond donors (Lipinski definition) is 1. The maximum absolute atomic E-state index is 12.2. The summed E-state index contributed by atoms with van der Waals surface area (Å²) in [5.74, 6) is 1.16. The fraction of sp³-hybridized carbons (Fsp3) is 0.200. The molecule has 1 amide bonds. The maximum atomic E-state index is 12.2. The van der Waals surface area contributed by atoms with E-state index in [9.17, 15) is 4.79 Å². The van der Waals surface area contributed by atoms with E-state index >= 15 is 0 Å². The zero-order valence-electron chi connectivity index (χ0n) is 17.3. The highest BCUT2D eigenvalue weighted by atomic mass is 16.5. The minimum atomic E-state index is -0.319. The Kier molecular flexibility index (Phi) is 7.61. The topological polar surface area (TPSA) is 59.9 Å². The molecular formula is C25H26N2O3. The zero-order valence-corrected chi connectivity index (χ0v) is 17.3. The second-order valence-electron chi connectivity index (χ2n) is 6.76. The first-order valence-corrected chi connectivity index (χ1v) is 10.0. The lowest BCUT2D eigenvalue weighted by atomic mass is 10.1. The Morgan fingerprint density at radius 3 is 2.33 bits per heavy atom. The summed E-state index contributed by atoms with van der Waals surface area (Å²) < 4.78 is 11.3. The lowest BCUT2D eigenvalue weighted by Gasteiger charge is -2.11. The molecule has 3 aromatic carbocycles. The van der Waals surface area contributed by atoms with Crippen molar-refractivity contribution in [3.05, 3.63) is 84.4 Å². The lowest BCUT2D eigenvalue weighted by Crippen LogP contribution is -2.25. The minimum absolute atomic E-state index is 0.121. The van der Waals surface area contributed by atoms with E-state index in [2.05, 4.69) is 17.5 Å². The number of hydrogen-bond acceptors (Lipinski definition) is 4. The first-order chi connectivity index (χ1) is 14.7. The number of carbonyl (C=O) groups is 1. The van der Waals surface area contributed by atoms with Gasteiger partial charge in [-0.25, -0.2) is 5.43 Å². The molecule has 1 N–H and O–H groups in total. The van der Waals surface area contributed by atoms with Gasteiger partial charge in [-0.1, -0.05) is 55.5 Å². The molecule has 0 unspecified atom stereocenters. The fourth-order valence-electron chi connectivity index (χ4n) is 2.85. The van der Waals surface area contributed by atoms with Gasteiger partial charge in [-0.15, -0.1) is 0 Å². The molecular weight excluding hydrogens is 376 g/mol. The Balaban J connectivity index is 1.56. The van der Waals surface area contributed by atoms with E-state index in [1.807, 2.05) is 85.8 Å². The van der Waals surface area contributed by atoms with E-state index in [-0.39, 0.29) is 12.5 Å². The second-order valence-corrected chi connectivity index (χ2v) is 6.76. The lowest BCUT2D eigenvalue weighted by molar-refractivity contribution is -0.123. The molecule has 0 fully saturated rings. The highest BCUT2D eigenvalue weighted by Crippen LogP contribution is 2.29. The number of amides is 1. The van der Waals surface area contributed by atoms with Crippen LogP contribution in [0.2, 0.25) is 0 Å². The smallest absolute Gasteiger partial charge is 0.277 e. The third-order valence-corrected chi connectivity index (χ3v) is 4.42. The predicted octanol–water partition coefficient (Wildman–Crippen LogP) is 5.06. The van der Waals surface area contributed by atoms with Crippen molar-refractivity contribution in [2.45, 2.75) is 20.3 Å². The van der Waals surface area contributed by atoms with Crippen molar-refractivity contribution in [2.24, 2.45) is 5.10 Å². The molecule has 0 aromatic heterocycles. The Morgan fingerprint density at radius 1 is 0.900 bits per heavy atom. The highest BCUT2D eigenvalue weighted by Gasteiger charge is 2.08. The third-order valence-electron chi connectivity index (χ3n) is 4.42. The third kappa shape index (κ3) is 5.95. The molecule has 154 valence electrons. The normalized spacial score (nSPS) is 11.1. The van der Waals surface area contributed by atoms with Crippen molar-refractivity contribution in [1.82, 2.24) is 5.43 Å². The van der Waals surface area contributed by atoms with Crippen LogP contribution in [0, 0.1) is 0 Å². The van der Waals surface area contributed by atoms with Gasteiger partial charge >= 0.3 is 0 Å². The number of ether oxygens (including phenoxy) is 2. The molecule has 0 aliphatic rings. The molecule has 0 aliphatic carbocycles. The van der Waals surface area contributed by atoms with Crippen LogP contribution in [0.1, 0.15) is 25.8 Å². The van der Waals surface area contributed by atoms with Crippen LogP contribution in [0.4, 0.5) is 0 Å². The average Bonchev–Trinajstić information content (AvgIpc) is 2.81. The van der Waals surface area contributed by atoms with Gasteiger partial charge in [0.1, 0.15) is 11.5 Å². The number of hydrazone groups is 1. The Morgan fingerprint density at radius 2 is 1.60 bits per heavy atom. The summed E-state index contributed by atoms with van der Waals surface area (Å²) >= 11 is 0. The van der Waals surface area contributed by atoms with E-state index in [0.29, 0.717) is 18.1 Å². The molecule has 5 nitrogen and oxygen atoms in total.